The lowest BCUT2D eigenvalue weighted by molar-refractivity contribution is -0.116. The largest absolute Gasteiger partial charge is 0.348 e. The summed E-state index contributed by atoms with van der Waals surface area (Å²) >= 11 is 6.11. The fourth-order valence-electron chi connectivity index (χ4n) is 2.24. The molecule has 0 aliphatic rings. The first kappa shape index (κ1) is 15.8. The number of imidazole rings is 1. The molecule has 0 saturated carbocycles. The van der Waals surface area contributed by atoms with Crippen molar-refractivity contribution in [3.8, 4) is 6.07 Å². The predicted molar refractivity (Wildman–Crippen MR) is 92.2 cm³/mol. The topological polar surface area (TPSA) is 70.2 Å². The van der Waals surface area contributed by atoms with Gasteiger partial charge in [-0.1, -0.05) is 29.8 Å². The normalized spacial score (nSPS) is 10.8. The van der Waals surface area contributed by atoms with Crippen molar-refractivity contribution >= 4 is 29.2 Å². The number of pyridine rings is 1. The van der Waals surface area contributed by atoms with E-state index in [1.807, 2.05) is 40.9 Å². The number of carbonyl (C=O) groups excluding carboxylic acids is 1. The van der Waals surface area contributed by atoms with Crippen LogP contribution >= 0.6 is 11.6 Å². The Balaban J connectivity index is 1.66. The minimum atomic E-state index is -0.235. The lowest BCUT2D eigenvalue weighted by Gasteiger charge is -2.02. The highest BCUT2D eigenvalue weighted by atomic mass is 35.5. The Bertz CT molecular complexity index is 951. The first-order valence-corrected chi connectivity index (χ1v) is 7.63. The van der Waals surface area contributed by atoms with Crippen molar-refractivity contribution in [1.82, 2.24) is 14.7 Å². The number of nitriles is 1. The summed E-state index contributed by atoms with van der Waals surface area (Å²) in [6.45, 7) is 0.385. The third kappa shape index (κ3) is 3.45. The molecule has 0 saturated heterocycles. The van der Waals surface area contributed by atoms with Crippen molar-refractivity contribution in [2.45, 2.75) is 6.54 Å². The summed E-state index contributed by atoms with van der Waals surface area (Å²) < 4.78 is 1.81. The number of hydrogen-bond acceptors (Lipinski definition) is 3. The second-order valence-corrected chi connectivity index (χ2v) is 5.43. The van der Waals surface area contributed by atoms with Crippen LogP contribution < -0.4 is 5.32 Å². The molecule has 1 aromatic carbocycles. The zero-order valence-electron chi connectivity index (χ0n) is 12.6. The van der Waals surface area contributed by atoms with Crippen molar-refractivity contribution in [2.75, 3.05) is 0 Å². The number of rotatable bonds is 4. The van der Waals surface area contributed by atoms with E-state index in [0.29, 0.717) is 23.0 Å². The van der Waals surface area contributed by atoms with Gasteiger partial charge in [-0.15, -0.1) is 0 Å². The Kier molecular flexibility index (Phi) is 4.59. The number of nitrogens with one attached hydrogen (secondary N) is 1. The molecule has 0 unspecified atom stereocenters. The van der Waals surface area contributed by atoms with Crippen molar-refractivity contribution in [3.05, 3.63) is 76.7 Å². The number of amides is 1. The van der Waals surface area contributed by atoms with Gasteiger partial charge in [0.25, 0.3) is 0 Å². The standard InChI is InChI=1S/C18H13ClN4O/c19-18-15(23-10-2-1-3-16(23)22-18)8-9-17(24)21-12-14-6-4-13(11-20)5-7-14/h1-10H,12H2,(H,21,24)/b9-8+. The summed E-state index contributed by atoms with van der Waals surface area (Å²) in [5.41, 5.74) is 2.89. The SMILES string of the molecule is N#Cc1ccc(CNC(=O)/C=C/c2c(Cl)nc3ccccn23)cc1. The number of fused-ring (bicyclic) bond motifs is 1. The van der Waals surface area contributed by atoms with Crippen molar-refractivity contribution in [2.24, 2.45) is 0 Å². The molecule has 6 heteroatoms. The quantitative estimate of drug-likeness (QED) is 0.744. The van der Waals surface area contributed by atoms with E-state index < -0.39 is 0 Å². The van der Waals surface area contributed by atoms with Crippen LogP contribution in [0.25, 0.3) is 11.7 Å². The van der Waals surface area contributed by atoms with Crippen LogP contribution in [0.4, 0.5) is 0 Å². The molecule has 0 aliphatic heterocycles. The van der Waals surface area contributed by atoms with E-state index in [1.165, 1.54) is 6.08 Å². The Labute approximate surface area is 143 Å². The van der Waals surface area contributed by atoms with Crippen molar-refractivity contribution in [1.29, 1.82) is 5.26 Å². The van der Waals surface area contributed by atoms with Gasteiger partial charge < -0.3 is 5.32 Å². The average Bonchev–Trinajstić information content (AvgIpc) is 2.93. The summed E-state index contributed by atoms with van der Waals surface area (Å²) in [5.74, 6) is -0.235. The van der Waals surface area contributed by atoms with Crippen LogP contribution in [0.2, 0.25) is 5.15 Å². The van der Waals surface area contributed by atoms with Crippen LogP contribution in [0.5, 0.6) is 0 Å². The molecular weight excluding hydrogens is 324 g/mol. The van der Waals surface area contributed by atoms with E-state index in [4.69, 9.17) is 16.9 Å². The van der Waals surface area contributed by atoms with Crippen LogP contribution in [-0.2, 0) is 11.3 Å². The molecule has 2 heterocycles. The van der Waals surface area contributed by atoms with Gasteiger partial charge in [-0.2, -0.15) is 5.26 Å². The van der Waals surface area contributed by atoms with Crippen molar-refractivity contribution < 1.29 is 4.79 Å². The van der Waals surface area contributed by atoms with Crippen LogP contribution in [-0.4, -0.2) is 15.3 Å². The maximum Gasteiger partial charge on any atom is 0.244 e. The van der Waals surface area contributed by atoms with Crippen molar-refractivity contribution in [3.63, 3.8) is 0 Å². The van der Waals surface area contributed by atoms with Gasteiger partial charge in [0.1, 0.15) is 5.65 Å². The van der Waals surface area contributed by atoms with Gasteiger partial charge in [0, 0.05) is 18.8 Å². The van der Waals surface area contributed by atoms with E-state index in [1.54, 1.807) is 18.2 Å². The molecule has 0 fully saturated rings. The van der Waals surface area contributed by atoms with Gasteiger partial charge in [0.15, 0.2) is 5.15 Å². The van der Waals surface area contributed by atoms with E-state index in [2.05, 4.69) is 16.4 Å². The summed E-state index contributed by atoms with van der Waals surface area (Å²) in [7, 11) is 0. The summed E-state index contributed by atoms with van der Waals surface area (Å²) in [6.07, 6.45) is 4.89. The third-order valence-corrected chi connectivity index (χ3v) is 3.74. The minimum absolute atomic E-state index is 0.235. The van der Waals surface area contributed by atoms with Gasteiger partial charge in [0.05, 0.1) is 17.3 Å². The second-order valence-electron chi connectivity index (χ2n) is 5.08. The average molecular weight is 337 g/mol. The summed E-state index contributed by atoms with van der Waals surface area (Å²) in [4.78, 5) is 16.2. The molecule has 24 heavy (non-hydrogen) atoms. The van der Waals surface area contributed by atoms with E-state index >= 15 is 0 Å². The van der Waals surface area contributed by atoms with E-state index in [0.717, 1.165) is 11.2 Å². The highest BCUT2D eigenvalue weighted by Crippen LogP contribution is 2.18. The highest BCUT2D eigenvalue weighted by Gasteiger charge is 2.07. The molecule has 0 aliphatic carbocycles. The molecule has 5 nitrogen and oxygen atoms in total. The molecule has 3 rings (SSSR count). The Morgan fingerprint density at radius 3 is 2.83 bits per heavy atom. The molecule has 0 bridgehead atoms. The first-order chi connectivity index (χ1) is 11.7. The monoisotopic (exact) mass is 336 g/mol. The molecular formula is C18H13ClN4O. The molecule has 2 aromatic heterocycles. The molecule has 0 spiro atoms. The summed E-state index contributed by atoms with van der Waals surface area (Å²) in [6, 6.07) is 14.7. The molecule has 118 valence electrons. The number of benzene rings is 1. The third-order valence-electron chi connectivity index (χ3n) is 3.46. The summed E-state index contributed by atoms with van der Waals surface area (Å²) in [5, 5.41) is 11.9. The Hall–Kier alpha value is -3.10. The molecule has 3 aromatic rings. The van der Waals surface area contributed by atoms with Crippen LogP contribution in [0.3, 0.4) is 0 Å². The Morgan fingerprint density at radius 2 is 2.08 bits per heavy atom. The zero-order valence-corrected chi connectivity index (χ0v) is 13.4. The van der Waals surface area contributed by atoms with Gasteiger partial charge >= 0.3 is 0 Å². The lowest BCUT2D eigenvalue weighted by atomic mass is 10.1. The molecule has 0 radical (unpaired) electrons. The number of carbonyl (C=O) groups is 1. The smallest absolute Gasteiger partial charge is 0.244 e. The van der Waals surface area contributed by atoms with Gasteiger partial charge in [-0.3, -0.25) is 9.20 Å². The maximum absolute atomic E-state index is 12.0. The lowest BCUT2D eigenvalue weighted by Crippen LogP contribution is -2.20. The fraction of sp³-hybridized carbons (Fsp3) is 0.0556. The molecule has 0 atom stereocenters. The van der Waals surface area contributed by atoms with Gasteiger partial charge in [0.2, 0.25) is 5.91 Å². The predicted octanol–water partition coefficient (Wildman–Crippen LogP) is 3.19. The zero-order chi connectivity index (χ0) is 16.9. The first-order valence-electron chi connectivity index (χ1n) is 7.25. The molecule has 1 N–H and O–H groups in total. The van der Waals surface area contributed by atoms with Gasteiger partial charge in [-0.05, 0) is 35.9 Å². The number of nitrogens with zero attached hydrogens (tertiary/aromatic N) is 3. The number of halogens is 1. The second kappa shape index (κ2) is 6.99. The van der Waals surface area contributed by atoms with E-state index in [-0.39, 0.29) is 5.91 Å². The maximum atomic E-state index is 12.0. The number of aromatic nitrogens is 2. The van der Waals surface area contributed by atoms with Gasteiger partial charge in [-0.25, -0.2) is 4.98 Å². The van der Waals surface area contributed by atoms with Crippen LogP contribution in [0, 0.1) is 11.3 Å². The fourth-order valence-corrected chi connectivity index (χ4v) is 2.48. The Morgan fingerprint density at radius 1 is 1.29 bits per heavy atom. The molecule has 1 amide bonds. The number of hydrogen-bond donors (Lipinski definition) is 1. The minimum Gasteiger partial charge on any atom is -0.348 e. The van der Waals surface area contributed by atoms with E-state index in [9.17, 15) is 4.79 Å². The van der Waals surface area contributed by atoms with Crippen LogP contribution in [0.1, 0.15) is 16.8 Å². The van der Waals surface area contributed by atoms with Crippen LogP contribution in [0.15, 0.2) is 54.7 Å². The highest BCUT2D eigenvalue weighted by molar-refractivity contribution is 6.31.